The molecule has 288 valence electrons. The van der Waals surface area contributed by atoms with Gasteiger partial charge in [0, 0.05) is 29.5 Å². The van der Waals surface area contributed by atoms with E-state index in [1.807, 2.05) is 23.8 Å². The smallest absolute Gasteiger partial charge is 0.408 e. The number of amides is 4. The summed E-state index contributed by atoms with van der Waals surface area (Å²) in [6.07, 6.45) is 5.60. The summed E-state index contributed by atoms with van der Waals surface area (Å²) in [7, 11) is -2.85. The summed E-state index contributed by atoms with van der Waals surface area (Å²) >= 11 is 0. The molecule has 2 aromatic rings. The molecule has 1 aromatic heterocycles. The first-order chi connectivity index (χ1) is 25.0. The summed E-state index contributed by atoms with van der Waals surface area (Å²) in [6.45, 7) is 11.0. The van der Waals surface area contributed by atoms with Crippen molar-refractivity contribution in [2.45, 2.75) is 115 Å². The number of hydrogen-bond donors (Lipinski definition) is 3. The highest BCUT2D eigenvalue weighted by molar-refractivity contribution is 7.85. The van der Waals surface area contributed by atoms with E-state index in [4.69, 9.17) is 18.4 Å². The number of likely N-dealkylation sites (tertiary alicyclic amines) is 1. The minimum atomic E-state index is -4.42. The van der Waals surface area contributed by atoms with E-state index in [1.54, 1.807) is 40.1 Å². The third-order valence-corrected chi connectivity index (χ3v) is 11.4. The average Bonchev–Trinajstić information content (AvgIpc) is 3.92. The number of alkyl carbamates (subject to hydrolysis) is 1. The van der Waals surface area contributed by atoms with E-state index in [1.165, 1.54) is 11.0 Å². The van der Waals surface area contributed by atoms with Crippen molar-refractivity contribution in [3.63, 3.8) is 0 Å². The fraction of sp³-hybridized carbons (Fsp3) is 0.595. The maximum absolute atomic E-state index is 14.5. The third kappa shape index (κ3) is 8.38. The maximum Gasteiger partial charge on any atom is 0.408 e. The monoisotopic (exact) mass is 755 g/mol. The minimum absolute atomic E-state index is 0.0272. The summed E-state index contributed by atoms with van der Waals surface area (Å²) in [5.41, 5.74) is -0.950. The molecule has 5 atom stereocenters. The zero-order chi connectivity index (χ0) is 38.3. The fourth-order valence-electron chi connectivity index (χ4n) is 7.23. The number of aromatic nitrogens is 1. The van der Waals surface area contributed by atoms with Gasteiger partial charge in [-0.2, -0.15) is 8.42 Å². The van der Waals surface area contributed by atoms with Gasteiger partial charge < -0.3 is 29.7 Å². The summed E-state index contributed by atoms with van der Waals surface area (Å²) in [5, 5.41) is 6.23. The molecule has 1 saturated heterocycles. The van der Waals surface area contributed by atoms with Crippen molar-refractivity contribution in [3.05, 3.63) is 42.6 Å². The molecule has 53 heavy (non-hydrogen) atoms. The molecule has 3 unspecified atom stereocenters. The molecule has 0 spiro atoms. The first-order valence-electron chi connectivity index (χ1n) is 18.1. The van der Waals surface area contributed by atoms with E-state index < -0.39 is 75.3 Å². The number of nitrogens with zero attached hydrogens (tertiary/aromatic N) is 2. The Labute approximate surface area is 309 Å². The molecule has 6 rings (SSSR count). The predicted molar refractivity (Wildman–Crippen MR) is 193 cm³/mol. The first-order valence-corrected chi connectivity index (χ1v) is 19.5. The molecule has 3 aliphatic carbocycles. The van der Waals surface area contributed by atoms with Crippen molar-refractivity contribution in [2.75, 3.05) is 13.7 Å². The Balaban J connectivity index is 1.27. The van der Waals surface area contributed by atoms with Gasteiger partial charge in [0.1, 0.15) is 41.3 Å². The van der Waals surface area contributed by atoms with Crippen LogP contribution in [0.1, 0.15) is 77.7 Å². The van der Waals surface area contributed by atoms with Gasteiger partial charge in [-0.25, -0.2) is 9.52 Å². The van der Waals surface area contributed by atoms with Gasteiger partial charge in [0.15, 0.2) is 0 Å². The summed E-state index contributed by atoms with van der Waals surface area (Å²) in [5.74, 6) is -1.62. The second-order valence-electron chi connectivity index (χ2n) is 15.5. The van der Waals surface area contributed by atoms with Crippen LogP contribution in [0.15, 0.2) is 37.1 Å². The number of methoxy groups -OCH3 is 1. The highest BCUT2D eigenvalue weighted by Crippen LogP contribution is 2.45. The number of carbonyl (C=O) groups excluding carboxylic acids is 4. The summed E-state index contributed by atoms with van der Waals surface area (Å²) < 4.78 is 49.7. The van der Waals surface area contributed by atoms with Gasteiger partial charge in [-0.3, -0.25) is 23.6 Å². The Morgan fingerprint density at radius 1 is 1.04 bits per heavy atom. The molecule has 1 aromatic carbocycles. The zero-order valence-corrected chi connectivity index (χ0v) is 31.6. The normalized spacial score (nSPS) is 25.0. The number of rotatable bonds is 13. The molecule has 4 fully saturated rings. The number of aryl methyl sites for hydroxylation is 1. The van der Waals surface area contributed by atoms with E-state index in [9.17, 15) is 27.6 Å². The molecule has 4 aliphatic rings. The second-order valence-corrected chi connectivity index (χ2v) is 16.8. The van der Waals surface area contributed by atoms with Crippen LogP contribution in [0.4, 0.5) is 4.79 Å². The fourth-order valence-corrected chi connectivity index (χ4v) is 8.24. The van der Waals surface area contributed by atoms with Crippen molar-refractivity contribution in [1.82, 2.24) is 25.2 Å². The van der Waals surface area contributed by atoms with E-state index in [0.717, 1.165) is 31.2 Å². The van der Waals surface area contributed by atoms with E-state index >= 15 is 0 Å². The van der Waals surface area contributed by atoms with Crippen LogP contribution in [0.5, 0.6) is 11.5 Å². The van der Waals surface area contributed by atoms with Gasteiger partial charge in [0.25, 0.3) is 5.91 Å². The van der Waals surface area contributed by atoms with Gasteiger partial charge in [-0.05, 0) is 75.5 Å². The largest absolute Gasteiger partial charge is 0.496 e. The number of hydrogen-bond acceptors (Lipinski definition) is 11. The number of fused-ring (bicyclic) bond motifs is 1. The zero-order valence-electron chi connectivity index (χ0n) is 30.8. The standard InChI is InChI=1S/C37H49N5O10S/c1-7-22-19-37(22,34(45)41-53(47,48)52-24-12-13-24)40-32(43)27-18-25(50-29-16-17-38-30-21(2)28(49-6)15-14-26(29)30)20-42(27)33(44)31(36(3,4)5)39-35(46)51-23-10-8-9-11-23/h7,14-17,22-25,27,31H,1,8-13,18-20H2,2-6H3,(H,39,46)(H,40,43)(H,41,45)/t22?,25-,27?,31?,37-/m1/s1. The Morgan fingerprint density at radius 2 is 1.75 bits per heavy atom. The number of nitrogens with one attached hydrogen (secondary N) is 3. The van der Waals surface area contributed by atoms with Crippen LogP contribution in [0.25, 0.3) is 10.9 Å². The Hall–Kier alpha value is -4.44. The number of benzene rings is 1. The van der Waals surface area contributed by atoms with Crippen LogP contribution in [0.2, 0.25) is 0 Å². The van der Waals surface area contributed by atoms with Crippen molar-refractivity contribution in [1.29, 1.82) is 0 Å². The Bertz CT molecular complexity index is 1890. The molecule has 3 N–H and O–H groups in total. The molecule has 15 nitrogen and oxygen atoms in total. The second kappa shape index (κ2) is 14.8. The molecule has 0 bridgehead atoms. The molecule has 2 heterocycles. The van der Waals surface area contributed by atoms with E-state index in [-0.39, 0.29) is 25.5 Å². The van der Waals surface area contributed by atoms with Crippen LogP contribution < -0.4 is 24.8 Å². The molecule has 16 heteroatoms. The minimum Gasteiger partial charge on any atom is -0.496 e. The molecule has 0 radical (unpaired) electrons. The molecule has 4 amide bonds. The number of carbonyl (C=O) groups is 4. The van der Waals surface area contributed by atoms with Crippen LogP contribution >= 0.6 is 0 Å². The Kier molecular flexibility index (Phi) is 10.7. The van der Waals surface area contributed by atoms with Crippen molar-refractivity contribution in [3.8, 4) is 11.5 Å². The first kappa shape index (κ1) is 38.3. The number of ether oxygens (including phenoxy) is 3. The molecular formula is C37H49N5O10S. The van der Waals surface area contributed by atoms with Crippen LogP contribution in [-0.4, -0.2) is 91.7 Å². The summed E-state index contributed by atoms with van der Waals surface area (Å²) in [4.78, 5) is 61.3. The van der Waals surface area contributed by atoms with Gasteiger partial charge in [0.2, 0.25) is 11.8 Å². The van der Waals surface area contributed by atoms with Crippen LogP contribution in [0, 0.1) is 18.3 Å². The number of pyridine rings is 1. The van der Waals surface area contributed by atoms with E-state index in [0.29, 0.717) is 35.2 Å². The lowest BCUT2D eigenvalue weighted by Crippen LogP contribution is -2.60. The van der Waals surface area contributed by atoms with Crippen LogP contribution in [-0.2, 0) is 33.6 Å². The third-order valence-electron chi connectivity index (χ3n) is 10.4. The topological polar surface area (TPSA) is 192 Å². The lowest BCUT2D eigenvalue weighted by molar-refractivity contribution is -0.143. The predicted octanol–water partition coefficient (Wildman–Crippen LogP) is 3.58. The van der Waals surface area contributed by atoms with E-state index in [2.05, 4.69) is 22.2 Å². The Morgan fingerprint density at radius 3 is 2.38 bits per heavy atom. The summed E-state index contributed by atoms with van der Waals surface area (Å²) in [6, 6.07) is 3.09. The van der Waals surface area contributed by atoms with Gasteiger partial charge in [-0.1, -0.05) is 26.8 Å². The van der Waals surface area contributed by atoms with Crippen molar-refractivity contribution >= 4 is 45.0 Å². The quantitative estimate of drug-likeness (QED) is 0.253. The van der Waals surface area contributed by atoms with Gasteiger partial charge in [0.05, 0.1) is 25.3 Å². The van der Waals surface area contributed by atoms with Crippen LogP contribution in [0.3, 0.4) is 0 Å². The molecule has 1 aliphatic heterocycles. The highest BCUT2D eigenvalue weighted by atomic mass is 32.2. The lowest BCUT2D eigenvalue weighted by Gasteiger charge is -2.35. The molecular weight excluding hydrogens is 706 g/mol. The lowest BCUT2D eigenvalue weighted by atomic mass is 9.85. The maximum atomic E-state index is 14.5. The average molecular weight is 756 g/mol. The van der Waals surface area contributed by atoms with Gasteiger partial charge in [-0.15, -0.1) is 6.58 Å². The van der Waals surface area contributed by atoms with Crippen molar-refractivity contribution in [2.24, 2.45) is 11.3 Å². The molecule has 3 saturated carbocycles. The van der Waals surface area contributed by atoms with Crippen molar-refractivity contribution < 1.29 is 46.0 Å². The highest BCUT2D eigenvalue weighted by Gasteiger charge is 2.62. The SMILES string of the molecule is C=CC1C[C@]1(NC(=O)C1C[C@@H](Oc2ccnc3c(C)c(OC)ccc23)CN1C(=O)C(NC(=O)OC1CCCC1)C(C)(C)C)C(=O)NS(=O)(=O)OC1CC1. The van der Waals surface area contributed by atoms with Gasteiger partial charge >= 0.3 is 16.4 Å².